The normalized spacial score (nSPS) is 18.6. The summed E-state index contributed by atoms with van der Waals surface area (Å²) in [6.07, 6.45) is 5.13. The number of primary amides is 1. The first kappa shape index (κ1) is 53.8. The van der Waals surface area contributed by atoms with Crippen LogP contribution in [0.4, 0.5) is 17.5 Å². The maximum atomic E-state index is 14.0. The maximum absolute atomic E-state index is 14.0. The van der Waals surface area contributed by atoms with Gasteiger partial charge in [-0.3, -0.25) is 19.2 Å². The molecule has 8 N–H and O–H groups in total. The van der Waals surface area contributed by atoms with Gasteiger partial charge in [-0.25, -0.2) is 4.98 Å². The van der Waals surface area contributed by atoms with E-state index in [1.807, 2.05) is 87.9 Å². The molecule has 1 aliphatic carbocycles. The number of ether oxygens (including phenoxy) is 4. The second-order valence-electron chi connectivity index (χ2n) is 19.4. The van der Waals surface area contributed by atoms with Crippen LogP contribution in [0.15, 0.2) is 60.2 Å². The Labute approximate surface area is 423 Å². The molecule has 5 atom stereocenters. The average molecular weight is 1010 g/mol. The summed E-state index contributed by atoms with van der Waals surface area (Å²) in [6, 6.07) is 14.8. The Bertz CT molecular complexity index is 2600. The summed E-state index contributed by atoms with van der Waals surface area (Å²) in [5, 5.41) is 29.1. The third kappa shape index (κ3) is 14.6. The monoisotopic (exact) mass is 1010 g/mol. The zero-order chi connectivity index (χ0) is 51.2. The van der Waals surface area contributed by atoms with Crippen molar-refractivity contribution in [3.05, 3.63) is 77.2 Å². The van der Waals surface area contributed by atoms with Crippen molar-refractivity contribution in [2.24, 2.45) is 22.8 Å². The van der Waals surface area contributed by atoms with E-state index >= 15 is 0 Å². The van der Waals surface area contributed by atoms with E-state index in [2.05, 4.69) is 40.7 Å². The summed E-state index contributed by atoms with van der Waals surface area (Å²) in [7, 11) is 0. The Balaban J connectivity index is 0.758. The Kier molecular flexibility index (Phi) is 19.2. The van der Waals surface area contributed by atoms with Crippen LogP contribution in [0, 0.1) is 18.3 Å². The number of hydrogen-bond donors (Lipinski definition) is 6. The van der Waals surface area contributed by atoms with Crippen molar-refractivity contribution in [1.29, 1.82) is 0 Å². The number of likely N-dealkylation sites (tertiary alicyclic amines) is 1. The molecule has 21 heteroatoms. The second kappa shape index (κ2) is 25.6. The van der Waals surface area contributed by atoms with Gasteiger partial charge in [0.25, 0.3) is 5.91 Å². The number of hydrogen-bond acceptors (Lipinski definition) is 17. The number of aromatic nitrogens is 5. The number of rotatable bonds is 26. The number of benzene rings is 2. The average Bonchev–Trinajstić information content (AvgIpc) is 4.10. The van der Waals surface area contributed by atoms with Crippen LogP contribution in [-0.4, -0.2) is 142 Å². The largest absolute Gasteiger partial charge is 0.391 e. The van der Waals surface area contributed by atoms with Gasteiger partial charge in [0, 0.05) is 67.7 Å². The lowest BCUT2D eigenvalue weighted by Crippen LogP contribution is -2.50. The van der Waals surface area contributed by atoms with Gasteiger partial charge in [-0.2, -0.15) is 4.98 Å². The number of nitrogens with two attached hydrogens (primary N) is 2. The molecule has 1 saturated carbocycles. The summed E-state index contributed by atoms with van der Waals surface area (Å²) < 4.78 is 24.8. The first-order chi connectivity index (χ1) is 34.7. The number of ketones is 1. The van der Waals surface area contributed by atoms with Crippen molar-refractivity contribution in [2.45, 2.75) is 104 Å². The highest BCUT2D eigenvalue weighted by atomic mass is 32.1. The third-order valence-electron chi connectivity index (χ3n) is 13.0. The number of Topliss-reactive ketones (excluding diaryl/α,β-unsaturated/α-hetero) is 1. The summed E-state index contributed by atoms with van der Waals surface area (Å²) in [6.45, 7) is 10.7. The van der Waals surface area contributed by atoms with Crippen molar-refractivity contribution in [2.75, 3.05) is 70.0 Å². The second-order valence-corrected chi connectivity index (χ2v) is 20.3. The number of fused-ring (bicyclic) bond motifs is 1. The van der Waals surface area contributed by atoms with Crippen LogP contribution < -0.4 is 27.4 Å². The van der Waals surface area contributed by atoms with Crippen LogP contribution in [0.3, 0.4) is 0 Å². The lowest BCUT2D eigenvalue weighted by Gasteiger charge is -2.34. The van der Waals surface area contributed by atoms with Crippen molar-refractivity contribution >= 4 is 63.2 Å². The third-order valence-corrected chi connectivity index (χ3v) is 14.0. The molecule has 3 aromatic heterocycles. The summed E-state index contributed by atoms with van der Waals surface area (Å²) in [4.78, 5) is 64.2. The number of thiazole rings is 1. The Morgan fingerprint density at radius 1 is 0.917 bits per heavy atom. The van der Waals surface area contributed by atoms with Gasteiger partial charge in [-0.05, 0) is 54.5 Å². The molecule has 1 saturated heterocycles. The first-order valence-electron chi connectivity index (χ1n) is 24.7. The molecular weight excluding hydrogens is 943 g/mol. The maximum Gasteiger partial charge on any atom is 0.273 e. The topological polar surface area (TPSA) is 273 Å². The fourth-order valence-corrected chi connectivity index (χ4v) is 9.84. The standard InChI is InChI=1S/C51H69N11O9S/c1-32-45(72-31-55-32)34-14-12-33(13-15-34)28-54-48(66)43-27-35(63)29-62(43)49(67)38(51(2,3)4)26-36(64)30-71-25-24-70-23-22-69-21-20-68-19-18-61-17-16-37-40(10-7-11-42(37)61)56-47-44(46(53)65)59-60-50(58-47)57-41-9-6-5-8-39(41)52/h7,10-17,31,35,38-39,41,43,63H,5-6,8-9,18-30,52H2,1-4H3,(H2,53,65)(H,54,66)(H2,56,57,58,60)/t35-,38-,39+,41-,43+/m1/s1. The van der Waals surface area contributed by atoms with Gasteiger partial charge in [0.2, 0.25) is 17.8 Å². The molecule has 2 aliphatic rings. The van der Waals surface area contributed by atoms with E-state index < -0.39 is 29.4 Å². The minimum absolute atomic E-state index is 0.0117. The number of aliphatic hydroxyl groups is 1. The van der Waals surface area contributed by atoms with E-state index in [4.69, 9.17) is 30.4 Å². The fraction of sp³-hybridized carbons (Fsp3) is 0.529. The summed E-state index contributed by atoms with van der Waals surface area (Å²) >= 11 is 1.57. The number of β-amino-alcohol motifs (C(OH)–C–C–N with tert-alkyl or cyclic N) is 1. The van der Waals surface area contributed by atoms with E-state index in [0.29, 0.717) is 39.6 Å². The summed E-state index contributed by atoms with van der Waals surface area (Å²) in [5.41, 5.74) is 17.7. The number of nitrogens with zero attached hydrogens (tertiary/aromatic N) is 6. The minimum Gasteiger partial charge on any atom is -0.391 e. The predicted molar refractivity (Wildman–Crippen MR) is 274 cm³/mol. The number of carbonyl (C=O) groups is 4. The van der Waals surface area contributed by atoms with Crippen LogP contribution in [0.25, 0.3) is 21.3 Å². The first-order valence-corrected chi connectivity index (χ1v) is 25.5. The van der Waals surface area contributed by atoms with E-state index in [1.54, 1.807) is 11.3 Å². The van der Waals surface area contributed by atoms with Crippen LogP contribution in [0.1, 0.15) is 81.0 Å². The molecule has 0 bridgehead atoms. The number of anilines is 3. The molecule has 20 nitrogen and oxygen atoms in total. The molecule has 2 fully saturated rings. The zero-order valence-electron chi connectivity index (χ0n) is 41.6. The lowest BCUT2D eigenvalue weighted by molar-refractivity contribution is -0.146. The molecule has 1 aliphatic heterocycles. The SMILES string of the molecule is Cc1ncsc1-c1ccc(CNC(=O)[C@@H]2C[C@@H](O)CN2C(=O)[C@@H](CC(=O)COCCOCCOCCOCCn2ccc3c(Nc4nc(N[C@@H]5CCCC[C@@H]5N)nnc4C(N)=O)cccc32)C(C)(C)C)cc1. The smallest absolute Gasteiger partial charge is 0.273 e. The van der Waals surface area contributed by atoms with Gasteiger partial charge in [0.1, 0.15) is 12.6 Å². The number of aryl methyl sites for hydroxylation is 1. The molecule has 0 unspecified atom stereocenters. The van der Waals surface area contributed by atoms with Gasteiger partial charge in [0.05, 0.1) is 74.0 Å². The van der Waals surface area contributed by atoms with Gasteiger partial charge in [0.15, 0.2) is 17.3 Å². The summed E-state index contributed by atoms with van der Waals surface area (Å²) in [5.74, 6) is -1.92. The molecular formula is C51H69N11O9S. The minimum atomic E-state index is -0.852. The number of amides is 3. The Morgan fingerprint density at radius 3 is 2.31 bits per heavy atom. The van der Waals surface area contributed by atoms with Gasteiger partial charge in [-0.15, -0.1) is 21.5 Å². The lowest BCUT2D eigenvalue weighted by atomic mass is 9.77. The van der Waals surface area contributed by atoms with Crippen molar-refractivity contribution in [3.63, 3.8) is 0 Å². The predicted octanol–water partition coefficient (Wildman–Crippen LogP) is 4.75. The number of aliphatic hydroxyl groups excluding tert-OH is 1. The molecule has 0 radical (unpaired) electrons. The van der Waals surface area contributed by atoms with Crippen molar-refractivity contribution in [3.8, 4) is 10.4 Å². The van der Waals surface area contributed by atoms with Crippen molar-refractivity contribution < 1.29 is 43.2 Å². The van der Waals surface area contributed by atoms with E-state index in [-0.39, 0.29) is 92.9 Å². The molecule has 72 heavy (non-hydrogen) atoms. The van der Waals surface area contributed by atoms with E-state index in [1.165, 1.54) is 4.90 Å². The van der Waals surface area contributed by atoms with Crippen LogP contribution in [-0.2, 0) is 46.4 Å². The zero-order valence-corrected chi connectivity index (χ0v) is 42.5. The number of carbonyl (C=O) groups excluding carboxylic acids is 4. The van der Waals surface area contributed by atoms with Crippen LogP contribution >= 0.6 is 11.3 Å². The fourth-order valence-electron chi connectivity index (χ4n) is 9.02. The highest BCUT2D eigenvalue weighted by Gasteiger charge is 2.44. The van der Waals surface area contributed by atoms with Gasteiger partial charge < -0.3 is 60.9 Å². The van der Waals surface area contributed by atoms with Crippen molar-refractivity contribution in [1.82, 2.24) is 34.9 Å². The van der Waals surface area contributed by atoms with Gasteiger partial charge in [-0.1, -0.05) is 63.9 Å². The van der Waals surface area contributed by atoms with Crippen LogP contribution in [0.2, 0.25) is 0 Å². The number of nitrogens with one attached hydrogen (secondary N) is 3. The van der Waals surface area contributed by atoms with E-state index in [9.17, 15) is 24.3 Å². The Morgan fingerprint density at radius 2 is 1.62 bits per heavy atom. The molecule has 388 valence electrons. The Hall–Kier alpha value is -5.94. The highest BCUT2D eigenvalue weighted by molar-refractivity contribution is 7.13. The molecule has 2 aromatic carbocycles. The van der Waals surface area contributed by atoms with E-state index in [0.717, 1.165) is 64.0 Å². The molecule has 4 heterocycles. The van der Waals surface area contributed by atoms with Crippen LogP contribution in [0.5, 0.6) is 0 Å². The quantitative estimate of drug-likeness (QED) is 0.0408. The highest BCUT2D eigenvalue weighted by Crippen LogP contribution is 2.34. The molecule has 5 aromatic rings. The van der Waals surface area contributed by atoms with Gasteiger partial charge >= 0.3 is 0 Å². The molecule has 7 rings (SSSR count). The molecule has 0 spiro atoms. The molecule has 3 amide bonds.